The Morgan fingerprint density at radius 3 is 2.00 bits per heavy atom. The molecule has 0 fully saturated rings. The molecule has 0 bridgehead atoms. The van der Waals surface area contributed by atoms with Gasteiger partial charge < -0.3 is 0 Å². The van der Waals surface area contributed by atoms with Crippen molar-refractivity contribution < 1.29 is 9.18 Å². The lowest BCUT2D eigenvalue weighted by Crippen LogP contribution is -2.22. The van der Waals surface area contributed by atoms with E-state index in [1.54, 1.807) is 13.8 Å². The zero-order valence-electron chi connectivity index (χ0n) is 7.73. The Hall–Kier alpha value is -0.400. The minimum Gasteiger partial charge on any atom is -0.296 e. The predicted molar refractivity (Wildman–Crippen MR) is 44.2 cm³/mol. The minimum atomic E-state index is -1.25. The molecular weight excluding hydrogens is 143 g/mol. The largest absolute Gasteiger partial charge is 0.296 e. The number of carbonyl (C=O) groups is 1. The maximum Gasteiger partial charge on any atom is 0.169 e. The van der Waals surface area contributed by atoms with E-state index >= 15 is 0 Å². The van der Waals surface area contributed by atoms with Gasteiger partial charge in [0.2, 0.25) is 0 Å². The third-order valence-electron chi connectivity index (χ3n) is 1.56. The fraction of sp³-hybridized carbons (Fsp3) is 0.889. The second kappa shape index (κ2) is 4.47. The van der Waals surface area contributed by atoms with Crippen LogP contribution >= 0.6 is 0 Å². The van der Waals surface area contributed by atoms with Gasteiger partial charge in [-0.2, -0.15) is 0 Å². The first-order valence-electron chi connectivity index (χ1n) is 4.13. The summed E-state index contributed by atoms with van der Waals surface area (Å²) >= 11 is 0. The molecule has 1 nitrogen and oxygen atoms in total. The number of Topliss-reactive ketones (excluding diaryl/α,β-unsaturated/α-hetero) is 1. The fourth-order valence-electron chi connectivity index (χ4n) is 0.892. The summed E-state index contributed by atoms with van der Waals surface area (Å²) in [6, 6.07) is 0. The summed E-state index contributed by atoms with van der Waals surface area (Å²) in [5.74, 6) is -0.185. The van der Waals surface area contributed by atoms with Crippen molar-refractivity contribution in [2.75, 3.05) is 0 Å². The van der Waals surface area contributed by atoms with Gasteiger partial charge in [-0.3, -0.25) is 4.79 Å². The molecule has 0 amide bonds. The van der Waals surface area contributed by atoms with Gasteiger partial charge in [-0.15, -0.1) is 0 Å². The molecule has 1 atom stereocenters. The maximum absolute atomic E-state index is 12.9. The molecule has 1 unspecified atom stereocenters. The SMILES string of the molecule is CC(C)CC(F)C(=O)C(C)C. The molecule has 0 rings (SSSR count). The number of hydrogen-bond acceptors (Lipinski definition) is 1. The molecule has 0 aliphatic heterocycles. The van der Waals surface area contributed by atoms with Crippen molar-refractivity contribution in [3.05, 3.63) is 0 Å². The number of hydrogen-bond donors (Lipinski definition) is 0. The lowest BCUT2D eigenvalue weighted by Gasteiger charge is -2.11. The summed E-state index contributed by atoms with van der Waals surface area (Å²) in [5.41, 5.74) is 0. The standard InChI is InChI=1S/C9H17FO/c1-6(2)5-8(10)9(11)7(3)4/h6-8H,5H2,1-4H3. The number of rotatable bonds is 4. The summed E-state index contributed by atoms with van der Waals surface area (Å²) in [6.07, 6.45) is -0.896. The first-order valence-corrected chi connectivity index (χ1v) is 4.13. The first kappa shape index (κ1) is 10.6. The van der Waals surface area contributed by atoms with Crippen LogP contribution in [0.4, 0.5) is 4.39 Å². The van der Waals surface area contributed by atoms with Gasteiger partial charge in [0, 0.05) is 5.92 Å². The second-order valence-corrected chi connectivity index (χ2v) is 3.65. The quantitative estimate of drug-likeness (QED) is 0.617. The highest BCUT2D eigenvalue weighted by Crippen LogP contribution is 2.12. The number of ketones is 1. The lowest BCUT2D eigenvalue weighted by atomic mass is 9.98. The molecule has 0 N–H and O–H groups in total. The molecule has 0 radical (unpaired) electrons. The molecule has 66 valence electrons. The van der Waals surface area contributed by atoms with Gasteiger partial charge in [-0.05, 0) is 12.3 Å². The smallest absolute Gasteiger partial charge is 0.169 e. The highest BCUT2D eigenvalue weighted by Gasteiger charge is 2.20. The Labute approximate surface area is 68.0 Å². The third kappa shape index (κ3) is 4.12. The van der Waals surface area contributed by atoms with Gasteiger partial charge in [0.05, 0.1) is 0 Å². The molecule has 0 aromatic rings. The van der Waals surface area contributed by atoms with Crippen molar-refractivity contribution in [2.45, 2.75) is 40.3 Å². The number of halogens is 1. The fourth-order valence-corrected chi connectivity index (χ4v) is 0.892. The Morgan fingerprint density at radius 2 is 1.73 bits per heavy atom. The molecule has 0 aromatic heterocycles. The molecule has 0 saturated heterocycles. The van der Waals surface area contributed by atoms with Crippen LogP contribution in [0.15, 0.2) is 0 Å². The van der Waals surface area contributed by atoms with Crippen LogP contribution < -0.4 is 0 Å². The summed E-state index contributed by atoms with van der Waals surface area (Å²) in [6.45, 7) is 7.30. The topological polar surface area (TPSA) is 17.1 Å². The normalized spacial score (nSPS) is 14.1. The monoisotopic (exact) mass is 160 g/mol. The molecule has 0 aliphatic carbocycles. The van der Waals surface area contributed by atoms with Crippen molar-refractivity contribution >= 4 is 5.78 Å². The van der Waals surface area contributed by atoms with Crippen LogP contribution in [0.25, 0.3) is 0 Å². The zero-order chi connectivity index (χ0) is 9.02. The van der Waals surface area contributed by atoms with Gasteiger partial charge in [0.1, 0.15) is 0 Å². The van der Waals surface area contributed by atoms with E-state index in [2.05, 4.69) is 0 Å². The molecule has 11 heavy (non-hydrogen) atoms. The van der Waals surface area contributed by atoms with Crippen LogP contribution in [0.3, 0.4) is 0 Å². The van der Waals surface area contributed by atoms with Crippen molar-refractivity contribution in [1.82, 2.24) is 0 Å². The van der Waals surface area contributed by atoms with E-state index in [1.807, 2.05) is 13.8 Å². The minimum absolute atomic E-state index is 0.177. The van der Waals surface area contributed by atoms with Crippen LogP contribution in [-0.2, 0) is 4.79 Å². The van der Waals surface area contributed by atoms with Crippen molar-refractivity contribution in [1.29, 1.82) is 0 Å². The molecule has 2 heteroatoms. The average Bonchev–Trinajstić information content (AvgIpc) is 1.84. The van der Waals surface area contributed by atoms with E-state index in [-0.39, 0.29) is 17.6 Å². The first-order chi connectivity index (χ1) is 4.95. The summed E-state index contributed by atoms with van der Waals surface area (Å²) in [4.78, 5) is 11.0. The molecule has 0 spiro atoms. The Morgan fingerprint density at radius 1 is 1.27 bits per heavy atom. The maximum atomic E-state index is 12.9. The molecule has 0 aliphatic rings. The Kier molecular flexibility index (Phi) is 4.31. The predicted octanol–water partition coefficient (Wildman–Crippen LogP) is 2.60. The van der Waals surface area contributed by atoms with Crippen LogP contribution in [0.1, 0.15) is 34.1 Å². The zero-order valence-corrected chi connectivity index (χ0v) is 7.73. The van der Waals surface area contributed by atoms with E-state index in [0.29, 0.717) is 6.42 Å². The lowest BCUT2D eigenvalue weighted by molar-refractivity contribution is -0.127. The molecule has 0 heterocycles. The van der Waals surface area contributed by atoms with Crippen LogP contribution in [0.2, 0.25) is 0 Å². The van der Waals surface area contributed by atoms with Crippen LogP contribution in [0, 0.1) is 11.8 Å². The van der Waals surface area contributed by atoms with Gasteiger partial charge in [-0.1, -0.05) is 27.7 Å². The molecule has 0 aromatic carbocycles. The summed E-state index contributed by atoms with van der Waals surface area (Å²) in [7, 11) is 0. The average molecular weight is 160 g/mol. The van der Waals surface area contributed by atoms with Gasteiger partial charge in [0.25, 0.3) is 0 Å². The van der Waals surface area contributed by atoms with Gasteiger partial charge in [0.15, 0.2) is 12.0 Å². The van der Waals surface area contributed by atoms with Crippen molar-refractivity contribution in [2.24, 2.45) is 11.8 Å². The van der Waals surface area contributed by atoms with Crippen LogP contribution in [-0.4, -0.2) is 12.0 Å². The van der Waals surface area contributed by atoms with Crippen molar-refractivity contribution in [3.63, 3.8) is 0 Å². The van der Waals surface area contributed by atoms with Gasteiger partial charge >= 0.3 is 0 Å². The number of carbonyl (C=O) groups excluding carboxylic acids is 1. The summed E-state index contributed by atoms with van der Waals surface area (Å²) in [5, 5.41) is 0. The van der Waals surface area contributed by atoms with E-state index in [0.717, 1.165) is 0 Å². The highest BCUT2D eigenvalue weighted by molar-refractivity contribution is 5.84. The van der Waals surface area contributed by atoms with Crippen molar-refractivity contribution in [3.8, 4) is 0 Å². The van der Waals surface area contributed by atoms with Gasteiger partial charge in [-0.25, -0.2) is 4.39 Å². The summed E-state index contributed by atoms with van der Waals surface area (Å²) < 4.78 is 12.9. The van der Waals surface area contributed by atoms with E-state index in [1.165, 1.54) is 0 Å². The molecule has 0 saturated carbocycles. The highest BCUT2D eigenvalue weighted by atomic mass is 19.1. The second-order valence-electron chi connectivity index (χ2n) is 3.65. The van der Waals surface area contributed by atoms with E-state index < -0.39 is 6.17 Å². The third-order valence-corrected chi connectivity index (χ3v) is 1.56. The Bertz CT molecular complexity index is 130. The van der Waals surface area contributed by atoms with E-state index in [9.17, 15) is 9.18 Å². The number of alkyl halides is 1. The van der Waals surface area contributed by atoms with Crippen LogP contribution in [0.5, 0.6) is 0 Å². The molecular formula is C9H17FO. The Balaban J connectivity index is 3.83. The van der Waals surface area contributed by atoms with E-state index in [4.69, 9.17) is 0 Å².